The van der Waals surface area contributed by atoms with Crippen molar-refractivity contribution in [2.45, 2.75) is 12.8 Å². The van der Waals surface area contributed by atoms with E-state index in [4.69, 9.17) is 5.11 Å². The highest BCUT2D eigenvalue weighted by atomic mass is 16.6. The molecule has 88 valence electrons. The van der Waals surface area contributed by atoms with E-state index in [0.717, 1.165) is 0 Å². The van der Waals surface area contributed by atoms with Gasteiger partial charge in [-0.25, -0.2) is 0 Å². The van der Waals surface area contributed by atoms with E-state index < -0.39 is 10.8 Å². The molecule has 0 spiro atoms. The lowest BCUT2D eigenvalue weighted by Gasteiger charge is -2.19. The zero-order valence-corrected chi connectivity index (χ0v) is 9.04. The molecule has 2 N–H and O–H groups in total. The average molecular weight is 225 g/mol. The van der Waals surface area contributed by atoms with Crippen LogP contribution in [0, 0.1) is 16.0 Å². The highest BCUT2D eigenvalue weighted by Crippen LogP contribution is 2.31. The van der Waals surface area contributed by atoms with Crippen LogP contribution in [-0.2, 0) is 0 Å². The van der Waals surface area contributed by atoms with Crippen LogP contribution in [0.1, 0.15) is 18.4 Å². The summed E-state index contributed by atoms with van der Waals surface area (Å²) >= 11 is 0. The van der Waals surface area contributed by atoms with Gasteiger partial charge in [-0.15, -0.1) is 0 Å². The minimum atomic E-state index is -0.471. The van der Waals surface area contributed by atoms with Gasteiger partial charge >= 0.3 is 0 Å². The Balaban J connectivity index is 3.01. The van der Waals surface area contributed by atoms with Crippen molar-refractivity contribution < 1.29 is 15.1 Å². The third-order valence-electron chi connectivity index (χ3n) is 2.66. The molecular formula is C11H15NO4. The molecule has 2 atom stereocenters. The maximum absolute atomic E-state index is 10.6. The molecule has 5 nitrogen and oxygen atoms in total. The van der Waals surface area contributed by atoms with Crippen molar-refractivity contribution in [1.82, 2.24) is 0 Å². The van der Waals surface area contributed by atoms with Gasteiger partial charge in [-0.3, -0.25) is 10.1 Å². The van der Waals surface area contributed by atoms with Gasteiger partial charge in [-0.2, -0.15) is 0 Å². The zero-order chi connectivity index (χ0) is 12.1. The van der Waals surface area contributed by atoms with Crippen molar-refractivity contribution in [3.8, 4) is 5.75 Å². The average Bonchev–Trinajstić information content (AvgIpc) is 2.26. The molecule has 0 aliphatic heterocycles. The van der Waals surface area contributed by atoms with Gasteiger partial charge in [0, 0.05) is 17.1 Å². The summed E-state index contributed by atoms with van der Waals surface area (Å²) in [6.45, 7) is 1.28. The van der Waals surface area contributed by atoms with Crippen molar-refractivity contribution >= 4 is 0 Å². The van der Waals surface area contributed by atoms with Gasteiger partial charge in [0.1, 0.15) is 5.75 Å². The summed E-state index contributed by atoms with van der Waals surface area (Å²) in [5, 5.41) is 29.3. The Morgan fingerprint density at radius 1 is 1.44 bits per heavy atom. The largest absolute Gasteiger partial charge is 0.508 e. The first-order valence-electron chi connectivity index (χ1n) is 5.06. The van der Waals surface area contributed by atoms with Crippen LogP contribution < -0.4 is 0 Å². The highest BCUT2D eigenvalue weighted by Gasteiger charge is 2.26. The van der Waals surface area contributed by atoms with Gasteiger partial charge in [0.2, 0.25) is 6.54 Å². The maximum atomic E-state index is 10.6. The summed E-state index contributed by atoms with van der Waals surface area (Å²) in [5.74, 6) is -0.699. The Hall–Kier alpha value is -1.62. The molecule has 0 saturated carbocycles. The van der Waals surface area contributed by atoms with Crippen LogP contribution in [0.3, 0.4) is 0 Å². The number of hydrogen-bond acceptors (Lipinski definition) is 4. The molecule has 0 fully saturated rings. The molecule has 0 aromatic heterocycles. The number of phenols is 1. The fraction of sp³-hybridized carbons (Fsp3) is 0.455. The smallest absolute Gasteiger partial charge is 0.211 e. The predicted octanol–water partition coefficient (Wildman–Crippen LogP) is 1.38. The van der Waals surface area contributed by atoms with Crippen LogP contribution in [0.5, 0.6) is 5.75 Å². The monoisotopic (exact) mass is 225 g/mol. The fourth-order valence-electron chi connectivity index (χ4n) is 1.67. The lowest BCUT2D eigenvalue weighted by atomic mass is 9.87. The number of nitrogens with zero attached hydrogens (tertiary/aromatic N) is 1. The molecule has 0 aliphatic rings. The van der Waals surface area contributed by atoms with Crippen molar-refractivity contribution in [3.63, 3.8) is 0 Å². The number of aromatic hydroxyl groups is 1. The zero-order valence-electron chi connectivity index (χ0n) is 9.04. The Labute approximate surface area is 93.5 Å². The number of nitro groups is 1. The molecule has 1 rings (SSSR count). The number of phenolic OH excluding ortho intramolecular Hbond substituents is 1. The van der Waals surface area contributed by atoms with Crippen LogP contribution in [0.4, 0.5) is 0 Å². The Bertz CT molecular complexity index is 367. The van der Waals surface area contributed by atoms with Crippen LogP contribution in [-0.4, -0.2) is 28.3 Å². The Morgan fingerprint density at radius 2 is 2.06 bits per heavy atom. The van der Waals surface area contributed by atoms with Crippen LogP contribution in [0.15, 0.2) is 24.3 Å². The van der Waals surface area contributed by atoms with E-state index >= 15 is 0 Å². The van der Waals surface area contributed by atoms with Crippen LogP contribution in [0.2, 0.25) is 0 Å². The van der Waals surface area contributed by atoms with E-state index in [9.17, 15) is 15.2 Å². The quantitative estimate of drug-likeness (QED) is 0.585. The van der Waals surface area contributed by atoms with E-state index in [2.05, 4.69) is 0 Å². The van der Waals surface area contributed by atoms with Gasteiger partial charge in [-0.1, -0.05) is 25.1 Å². The van der Waals surface area contributed by atoms with Gasteiger partial charge in [0.05, 0.1) is 5.92 Å². The molecule has 0 aliphatic carbocycles. The van der Waals surface area contributed by atoms with Gasteiger partial charge in [0.25, 0.3) is 0 Å². The molecule has 5 heteroatoms. The Morgan fingerprint density at radius 3 is 2.56 bits per heavy atom. The topological polar surface area (TPSA) is 83.6 Å². The van der Waals surface area contributed by atoms with E-state index in [1.807, 2.05) is 0 Å². The molecule has 0 unspecified atom stereocenters. The van der Waals surface area contributed by atoms with Gasteiger partial charge in [-0.05, 0) is 12.0 Å². The maximum Gasteiger partial charge on any atom is 0.211 e. The fourth-order valence-corrected chi connectivity index (χ4v) is 1.67. The normalized spacial score (nSPS) is 14.4. The predicted molar refractivity (Wildman–Crippen MR) is 59.0 cm³/mol. The summed E-state index contributed by atoms with van der Waals surface area (Å²) in [6.07, 6.45) is 0. The number of aliphatic hydroxyl groups is 1. The molecule has 0 amide bonds. The molecule has 0 bridgehead atoms. The molecule has 0 radical (unpaired) electrons. The highest BCUT2D eigenvalue weighted by molar-refractivity contribution is 5.35. The van der Waals surface area contributed by atoms with E-state index in [1.165, 1.54) is 6.07 Å². The number of benzene rings is 1. The lowest BCUT2D eigenvalue weighted by Crippen LogP contribution is -2.21. The van der Waals surface area contributed by atoms with Crippen LogP contribution >= 0.6 is 0 Å². The summed E-state index contributed by atoms with van der Waals surface area (Å²) in [7, 11) is 0. The molecular weight excluding hydrogens is 210 g/mol. The number of aliphatic hydroxyl groups excluding tert-OH is 1. The van der Waals surface area contributed by atoms with Crippen molar-refractivity contribution in [3.05, 3.63) is 39.9 Å². The standard InChI is InChI=1S/C11H15NO4/c1-8(7-13)10(6-12(15)16)9-4-2-3-5-11(9)14/h2-5,8,10,13-14H,6-7H2,1H3/t8-,10-/m1/s1. The van der Waals surface area contributed by atoms with Gasteiger partial charge in [0.15, 0.2) is 0 Å². The molecule has 1 aromatic rings. The third kappa shape index (κ3) is 2.93. The second-order valence-corrected chi connectivity index (χ2v) is 3.84. The van der Waals surface area contributed by atoms with Crippen molar-refractivity contribution in [1.29, 1.82) is 0 Å². The minimum absolute atomic E-state index is 0.0367. The second-order valence-electron chi connectivity index (χ2n) is 3.84. The first kappa shape index (κ1) is 12.4. The van der Waals surface area contributed by atoms with E-state index in [-0.39, 0.29) is 24.8 Å². The first-order chi connectivity index (χ1) is 7.56. The molecule has 1 aromatic carbocycles. The summed E-state index contributed by atoms with van der Waals surface area (Å²) in [6, 6.07) is 6.51. The van der Waals surface area contributed by atoms with Crippen molar-refractivity contribution in [2.75, 3.05) is 13.2 Å². The van der Waals surface area contributed by atoms with Crippen LogP contribution in [0.25, 0.3) is 0 Å². The third-order valence-corrected chi connectivity index (χ3v) is 2.66. The molecule has 16 heavy (non-hydrogen) atoms. The van der Waals surface area contributed by atoms with Crippen molar-refractivity contribution in [2.24, 2.45) is 5.92 Å². The first-order valence-corrected chi connectivity index (χ1v) is 5.06. The number of rotatable bonds is 5. The molecule has 0 heterocycles. The Kier molecular flexibility index (Phi) is 4.25. The second kappa shape index (κ2) is 5.46. The molecule has 0 saturated heterocycles. The number of hydrogen-bond donors (Lipinski definition) is 2. The summed E-state index contributed by atoms with van der Waals surface area (Å²) in [4.78, 5) is 10.1. The summed E-state index contributed by atoms with van der Waals surface area (Å²) in [5.41, 5.74) is 0.515. The summed E-state index contributed by atoms with van der Waals surface area (Å²) < 4.78 is 0. The minimum Gasteiger partial charge on any atom is -0.508 e. The van der Waals surface area contributed by atoms with E-state index in [1.54, 1.807) is 25.1 Å². The SMILES string of the molecule is C[C@H](CO)[C@@H](C[N+](=O)[O-])c1ccccc1O. The number of para-hydroxylation sites is 1. The van der Waals surface area contributed by atoms with E-state index in [0.29, 0.717) is 5.56 Å². The van der Waals surface area contributed by atoms with Gasteiger partial charge < -0.3 is 10.2 Å². The lowest BCUT2D eigenvalue weighted by molar-refractivity contribution is -0.485.